The van der Waals surface area contributed by atoms with E-state index in [9.17, 15) is 19.5 Å². The van der Waals surface area contributed by atoms with Crippen LogP contribution in [0.25, 0.3) is 11.1 Å². The SMILES string of the molecule is CC[C@@H](CC(=O)N(C)c1snc(C)c1C(=O)O)NC(=O)OCC1c2ccccc2-c2ccccc21. The summed E-state index contributed by atoms with van der Waals surface area (Å²) in [6.45, 7) is 3.64. The highest BCUT2D eigenvalue weighted by molar-refractivity contribution is 7.11. The van der Waals surface area contributed by atoms with Crippen molar-refractivity contribution in [2.45, 2.75) is 38.6 Å². The molecule has 0 saturated carbocycles. The maximum atomic E-state index is 12.8. The van der Waals surface area contributed by atoms with Crippen LogP contribution in [-0.2, 0) is 9.53 Å². The van der Waals surface area contributed by atoms with Crippen LogP contribution in [0, 0.1) is 6.92 Å². The molecule has 1 heterocycles. The van der Waals surface area contributed by atoms with E-state index in [1.807, 2.05) is 31.2 Å². The third-order valence-corrected chi connectivity index (χ3v) is 7.33. The van der Waals surface area contributed by atoms with Gasteiger partial charge in [-0.25, -0.2) is 9.59 Å². The molecule has 0 saturated heterocycles. The maximum Gasteiger partial charge on any atom is 0.407 e. The third-order valence-electron chi connectivity index (χ3n) is 6.32. The molecule has 0 radical (unpaired) electrons. The Balaban J connectivity index is 1.37. The Morgan fingerprint density at radius 1 is 1.11 bits per heavy atom. The summed E-state index contributed by atoms with van der Waals surface area (Å²) >= 11 is 0.963. The molecule has 2 amide bonds. The van der Waals surface area contributed by atoms with Gasteiger partial charge in [-0.3, -0.25) is 4.79 Å². The molecule has 9 heteroatoms. The first-order valence-corrected chi connectivity index (χ1v) is 12.2. The van der Waals surface area contributed by atoms with E-state index >= 15 is 0 Å². The highest BCUT2D eigenvalue weighted by Gasteiger charge is 2.30. The minimum Gasteiger partial charge on any atom is -0.478 e. The molecule has 0 aliphatic heterocycles. The molecule has 4 rings (SSSR count). The van der Waals surface area contributed by atoms with Gasteiger partial charge in [0.2, 0.25) is 5.91 Å². The molecule has 2 aromatic carbocycles. The minimum absolute atomic E-state index is 0.00714. The summed E-state index contributed by atoms with van der Waals surface area (Å²) in [7, 11) is 1.52. The molecule has 1 atom stereocenters. The third kappa shape index (κ3) is 4.90. The van der Waals surface area contributed by atoms with Gasteiger partial charge < -0.3 is 20.1 Å². The number of carbonyl (C=O) groups is 3. The van der Waals surface area contributed by atoms with E-state index in [2.05, 4.69) is 34.0 Å². The number of aromatic nitrogens is 1. The average Bonchev–Trinajstić information content (AvgIpc) is 3.39. The van der Waals surface area contributed by atoms with Gasteiger partial charge in [0.15, 0.2) is 0 Å². The van der Waals surface area contributed by atoms with Gasteiger partial charge in [0.25, 0.3) is 0 Å². The van der Waals surface area contributed by atoms with Gasteiger partial charge in [-0.15, -0.1) is 0 Å². The minimum atomic E-state index is -1.13. The highest BCUT2D eigenvalue weighted by atomic mass is 32.1. The molecule has 0 unspecified atom stereocenters. The summed E-state index contributed by atoms with van der Waals surface area (Å²) in [6, 6.07) is 15.8. The normalized spacial score (nSPS) is 13.0. The predicted molar refractivity (Wildman–Crippen MR) is 134 cm³/mol. The quantitative estimate of drug-likeness (QED) is 0.466. The lowest BCUT2D eigenvalue weighted by molar-refractivity contribution is -0.118. The molecule has 0 bridgehead atoms. The fraction of sp³-hybridized carbons (Fsp3) is 0.308. The predicted octanol–water partition coefficient (Wildman–Crippen LogP) is 4.82. The lowest BCUT2D eigenvalue weighted by atomic mass is 9.98. The van der Waals surface area contributed by atoms with Gasteiger partial charge in [-0.05, 0) is 47.1 Å². The molecule has 8 nitrogen and oxygen atoms in total. The Kier molecular flexibility index (Phi) is 7.16. The van der Waals surface area contributed by atoms with E-state index in [0.717, 1.165) is 33.8 Å². The summed E-state index contributed by atoms with van der Waals surface area (Å²) < 4.78 is 9.65. The topological polar surface area (TPSA) is 109 Å². The van der Waals surface area contributed by atoms with Gasteiger partial charge in [0, 0.05) is 25.4 Å². The van der Waals surface area contributed by atoms with Crippen molar-refractivity contribution in [1.82, 2.24) is 9.69 Å². The van der Waals surface area contributed by atoms with Crippen molar-refractivity contribution < 1.29 is 24.2 Å². The number of nitrogens with zero attached hydrogens (tertiary/aromatic N) is 2. The van der Waals surface area contributed by atoms with Crippen LogP contribution in [-0.4, -0.2) is 47.1 Å². The van der Waals surface area contributed by atoms with Crippen molar-refractivity contribution in [2.75, 3.05) is 18.6 Å². The van der Waals surface area contributed by atoms with E-state index in [0.29, 0.717) is 12.1 Å². The number of ether oxygens (including phenoxy) is 1. The molecule has 0 spiro atoms. The van der Waals surface area contributed by atoms with E-state index in [1.54, 1.807) is 6.92 Å². The summed E-state index contributed by atoms with van der Waals surface area (Å²) in [4.78, 5) is 38.3. The van der Waals surface area contributed by atoms with E-state index in [-0.39, 0.29) is 35.4 Å². The van der Waals surface area contributed by atoms with Gasteiger partial charge >= 0.3 is 12.1 Å². The molecule has 182 valence electrons. The summed E-state index contributed by atoms with van der Waals surface area (Å²) in [6.07, 6.45) is -0.0705. The first-order valence-electron chi connectivity index (χ1n) is 11.4. The fourth-order valence-electron chi connectivity index (χ4n) is 4.40. The Morgan fingerprint density at radius 3 is 2.29 bits per heavy atom. The van der Waals surface area contributed by atoms with Gasteiger partial charge in [0.05, 0.1) is 5.69 Å². The van der Waals surface area contributed by atoms with E-state index < -0.39 is 18.1 Å². The number of alkyl carbamates (subject to hydrolysis) is 1. The number of fused-ring (bicyclic) bond motifs is 3. The zero-order valence-electron chi connectivity index (χ0n) is 19.8. The molecule has 2 N–H and O–H groups in total. The highest BCUT2D eigenvalue weighted by Crippen LogP contribution is 2.44. The lowest BCUT2D eigenvalue weighted by Crippen LogP contribution is -2.40. The second kappa shape index (κ2) is 10.3. The Hall–Kier alpha value is -3.72. The van der Waals surface area contributed by atoms with Crippen molar-refractivity contribution in [3.8, 4) is 11.1 Å². The largest absolute Gasteiger partial charge is 0.478 e. The molecule has 1 aromatic heterocycles. The standard InChI is InChI=1S/C26H27N3O5S/c1-4-16(13-22(30)29(3)24-23(25(31)32)15(2)28-35-24)27-26(33)34-14-21-19-11-7-5-9-17(19)18-10-6-8-12-20(18)21/h5-12,16,21H,4,13-14H2,1-3H3,(H,27,33)(H,31,32)/t16-/m0/s1. The van der Waals surface area contributed by atoms with Gasteiger partial charge in [0.1, 0.15) is 17.2 Å². The molecular weight excluding hydrogens is 466 g/mol. The van der Waals surface area contributed by atoms with Crippen LogP contribution in [0.2, 0.25) is 0 Å². The van der Waals surface area contributed by atoms with Crippen LogP contribution in [0.4, 0.5) is 9.80 Å². The van der Waals surface area contributed by atoms with Crippen molar-refractivity contribution in [1.29, 1.82) is 0 Å². The summed E-state index contributed by atoms with van der Waals surface area (Å²) in [5.74, 6) is -1.50. The first kappa shape index (κ1) is 24.4. The number of amides is 2. The lowest BCUT2D eigenvalue weighted by Gasteiger charge is -2.21. The fourth-order valence-corrected chi connectivity index (χ4v) is 5.26. The number of carbonyl (C=O) groups excluding carboxylic acids is 2. The van der Waals surface area contributed by atoms with Crippen LogP contribution in [0.3, 0.4) is 0 Å². The van der Waals surface area contributed by atoms with E-state index in [1.165, 1.54) is 11.9 Å². The van der Waals surface area contributed by atoms with Crippen LogP contribution in [0.15, 0.2) is 48.5 Å². The second-order valence-electron chi connectivity index (χ2n) is 8.49. The number of aryl methyl sites for hydroxylation is 1. The first-order chi connectivity index (χ1) is 16.8. The number of carboxylic acid groups (broad SMARTS) is 1. The van der Waals surface area contributed by atoms with Crippen molar-refractivity contribution >= 4 is 34.5 Å². The Bertz CT molecular complexity index is 1230. The maximum absolute atomic E-state index is 12.8. The smallest absolute Gasteiger partial charge is 0.407 e. The van der Waals surface area contributed by atoms with E-state index in [4.69, 9.17) is 4.74 Å². The van der Waals surface area contributed by atoms with Crippen LogP contribution < -0.4 is 10.2 Å². The molecule has 35 heavy (non-hydrogen) atoms. The number of hydrogen-bond donors (Lipinski definition) is 2. The Labute approximate surface area is 207 Å². The van der Waals surface area contributed by atoms with Crippen LogP contribution in [0.1, 0.15) is 52.9 Å². The van der Waals surface area contributed by atoms with Crippen molar-refractivity contribution in [3.05, 3.63) is 70.9 Å². The number of hydrogen-bond acceptors (Lipinski definition) is 6. The molecule has 1 aliphatic rings. The zero-order valence-corrected chi connectivity index (χ0v) is 20.6. The molecule has 0 fully saturated rings. The molecular formula is C26H27N3O5S. The monoisotopic (exact) mass is 493 g/mol. The average molecular weight is 494 g/mol. The number of aromatic carboxylic acids is 1. The zero-order chi connectivity index (χ0) is 25.1. The van der Waals surface area contributed by atoms with Crippen LogP contribution in [0.5, 0.6) is 0 Å². The summed E-state index contributed by atoms with van der Waals surface area (Å²) in [5.41, 5.74) is 4.93. The van der Waals surface area contributed by atoms with Crippen molar-refractivity contribution in [2.24, 2.45) is 0 Å². The van der Waals surface area contributed by atoms with Crippen molar-refractivity contribution in [3.63, 3.8) is 0 Å². The van der Waals surface area contributed by atoms with Crippen LogP contribution >= 0.6 is 11.5 Å². The molecule has 1 aliphatic carbocycles. The van der Waals surface area contributed by atoms with Gasteiger partial charge in [-0.2, -0.15) is 4.37 Å². The number of benzene rings is 2. The number of carboxylic acids is 1. The second-order valence-corrected chi connectivity index (χ2v) is 9.24. The summed E-state index contributed by atoms with van der Waals surface area (Å²) in [5, 5.41) is 12.5. The molecule has 3 aromatic rings. The number of nitrogens with one attached hydrogen (secondary N) is 1. The number of anilines is 1. The van der Waals surface area contributed by atoms with Gasteiger partial charge in [-0.1, -0.05) is 55.5 Å². The Morgan fingerprint density at radius 2 is 1.71 bits per heavy atom. The number of rotatable bonds is 8.